The van der Waals surface area contributed by atoms with Crippen LogP contribution in [-0.2, 0) is 11.3 Å². The van der Waals surface area contributed by atoms with E-state index in [9.17, 15) is 4.79 Å². The van der Waals surface area contributed by atoms with E-state index in [1.807, 2.05) is 32.9 Å². The molecule has 0 radical (unpaired) electrons. The van der Waals surface area contributed by atoms with Crippen molar-refractivity contribution in [3.05, 3.63) is 57.9 Å². The van der Waals surface area contributed by atoms with Gasteiger partial charge in [0.15, 0.2) is 4.80 Å². The summed E-state index contributed by atoms with van der Waals surface area (Å²) < 4.78 is 14.4. The van der Waals surface area contributed by atoms with Gasteiger partial charge in [-0.1, -0.05) is 17.4 Å². The molecule has 0 aliphatic heterocycles. The smallest absolute Gasteiger partial charge is 0.279 e. The Morgan fingerprint density at radius 2 is 1.90 bits per heavy atom. The fourth-order valence-electron chi connectivity index (χ4n) is 3.28. The number of carbonyl (C=O) groups excluding carboxylic acids is 1. The first-order valence-corrected chi connectivity index (χ1v) is 10.7. The van der Waals surface area contributed by atoms with Crippen LogP contribution in [0.15, 0.2) is 41.4 Å². The van der Waals surface area contributed by atoms with Gasteiger partial charge < -0.3 is 14.0 Å². The molecule has 6 heteroatoms. The summed E-state index contributed by atoms with van der Waals surface area (Å²) in [7, 11) is 0. The molecule has 3 rings (SSSR count). The second kappa shape index (κ2) is 9.37. The summed E-state index contributed by atoms with van der Waals surface area (Å²) in [5, 5.41) is 0. The van der Waals surface area contributed by atoms with E-state index in [1.54, 1.807) is 23.5 Å². The van der Waals surface area contributed by atoms with Crippen LogP contribution in [0.5, 0.6) is 5.75 Å². The highest BCUT2D eigenvalue weighted by Gasteiger charge is 2.12. The summed E-state index contributed by atoms with van der Waals surface area (Å²) in [5.41, 5.74) is 4.04. The van der Waals surface area contributed by atoms with Crippen LogP contribution in [0.3, 0.4) is 0 Å². The van der Waals surface area contributed by atoms with Crippen molar-refractivity contribution in [2.45, 2.75) is 47.3 Å². The summed E-state index contributed by atoms with van der Waals surface area (Å²) in [5.74, 6) is 0.489. The Hall–Kier alpha value is -2.44. The van der Waals surface area contributed by atoms with Gasteiger partial charge in [0.1, 0.15) is 5.75 Å². The maximum absolute atomic E-state index is 12.8. The van der Waals surface area contributed by atoms with Gasteiger partial charge in [-0.15, -0.1) is 0 Å². The maximum atomic E-state index is 12.8. The van der Waals surface area contributed by atoms with Crippen LogP contribution in [-0.4, -0.2) is 29.8 Å². The summed E-state index contributed by atoms with van der Waals surface area (Å²) in [4.78, 5) is 18.0. The van der Waals surface area contributed by atoms with Crippen molar-refractivity contribution in [1.82, 2.24) is 4.57 Å². The Kier molecular flexibility index (Phi) is 6.87. The predicted molar refractivity (Wildman–Crippen MR) is 118 cm³/mol. The van der Waals surface area contributed by atoms with Crippen molar-refractivity contribution in [3.63, 3.8) is 0 Å². The number of thiazole rings is 1. The van der Waals surface area contributed by atoms with Crippen LogP contribution in [0, 0.1) is 13.8 Å². The molecular weight excluding hydrogens is 384 g/mol. The van der Waals surface area contributed by atoms with Gasteiger partial charge in [-0.2, -0.15) is 4.99 Å². The molecular formula is C23H28N2O3S. The normalized spacial score (nSPS) is 12.1. The fraction of sp³-hybridized carbons (Fsp3) is 0.391. The van der Waals surface area contributed by atoms with Crippen molar-refractivity contribution < 1.29 is 14.3 Å². The van der Waals surface area contributed by atoms with Gasteiger partial charge in [-0.05, 0) is 76.1 Å². The number of carbonyl (C=O) groups is 1. The minimum absolute atomic E-state index is 0.0933. The van der Waals surface area contributed by atoms with Crippen LogP contribution in [0.1, 0.15) is 42.3 Å². The van der Waals surface area contributed by atoms with E-state index >= 15 is 0 Å². The highest BCUT2D eigenvalue weighted by Crippen LogP contribution is 2.23. The Morgan fingerprint density at radius 3 is 2.55 bits per heavy atom. The fourth-order valence-corrected chi connectivity index (χ4v) is 4.51. The number of hydrogen-bond donors (Lipinski definition) is 0. The minimum Gasteiger partial charge on any atom is -0.491 e. The van der Waals surface area contributed by atoms with Crippen LogP contribution in [0.4, 0.5) is 0 Å². The first kappa shape index (κ1) is 21.3. The van der Waals surface area contributed by atoms with Gasteiger partial charge >= 0.3 is 0 Å². The molecule has 1 heterocycles. The monoisotopic (exact) mass is 412 g/mol. The van der Waals surface area contributed by atoms with E-state index < -0.39 is 0 Å². The number of fused-ring (bicyclic) bond motifs is 1. The molecule has 0 saturated heterocycles. The molecule has 5 nitrogen and oxygen atoms in total. The molecule has 3 aromatic rings. The molecule has 1 aromatic heterocycles. The van der Waals surface area contributed by atoms with Gasteiger partial charge in [0.05, 0.1) is 22.9 Å². The lowest BCUT2D eigenvalue weighted by atomic mass is 10.1. The van der Waals surface area contributed by atoms with Gasteiger partial charge in [0.2, 0.25) is 0 Å². The van der Waals surface area contributed by atoms with Crippen LogP contribution in [0.2, 0.25) is 0 Å². The Labute approximate surface area is 175 Å². The zero-order valence-electron chi connectivity index (χ0n) is 17.7. The van der Waals surface area contributed by atoms with Gasteiger partial charge in [0, 0.05) is 18.7 Å². The zero-order chi connectivity index (χ0) is 21.0. The van der Waals surface area contributed by atoms with Crippen LogP contribution >= 0.6 is 11.3 Å². The number of nitrogens with zero attached hydrogens (tertiary/aromatic N) is 2. The standard InChI is InChI=1S/C23H28N2O3S/c1-6-27-12-11-25-21-17(5)13-16(4)14-20(21)29-23(25)24-22(26)18-7-9-19(10-8-18)28-15(2)3/h7-10,13-15H,6,11-12H2,1-5H3. The first-order valence-electron chi connectivity index (χ1n) is 9.93. The van der Waals surface area contributed by atoms with Crippen molar-refractivity contribution in [3.8, 4) is 5.75 Å². The number of aromatic nitrogens is 1. The average Bonchev–Trinajstić information content (AvgIpc) is 2.99. The number of amides is 1. The molecule has 0 bridgehead atoms. The van der Waals surface area contributed by atoms with E-state index in [1.165, 1.54) is 11.1 Å². The largest absolute Gasteiger partial charge is 0.491 e. The molecule has 1 amide bonds. The zero-order valence-corrected chi connectivity index (χ0v) is 18.5. The molecule has 0 atom stereocenters. The first-order chi connectivity index (χ1) is 13.9. The van der Waals surface area contributed by atoms with Crippen molar-refractivity contribution in [2.75, 3.05) is 13.2 Å². The van der Waals surface area contributed by atoms with E-state index in [0.29, 0.717) is 30.1 Å². The number of aryl methyl sites for hydroxylation is 2. The van der Waals surface area contributed by atoms with Crippen molar-refractivity contribution in [1.29, 1.82) is 0 Å². The lowest BCUT2D eigenvalue weighted by Crippen LogP contribution is -2.20. The molecule has 0 spiro atoms. The van der Waals surface area contributed by atoms with Crippen LogP contribution < -0.4 is 9.54 Å². The van der Waals surface area contributed by atoms with E-state index in [2.05, 4.69) is 35.5 Å². The third kappa shape index (κ3) is 5.14. The Morgan fingerprint density at radius 1 is 1.17 bits per heavy atom. The number of ether oxygens (including phenoxy) is 2. The van der Waals surface area contributed by atoms with E-state index in [0.717, 1.165) is 16.0 Å². The van der Waals surface area contributed by atoms with E-state index in [4.69, 9.17) is 9.47 Å². The Bertz CT molecular complexity index is 1060. The summed E-state index contributed by atoms with van der Waals surface area (Å²) in [6.07, 6.45) is 0.0933. The molecule has 0 saturated carbocycles. The molecule has 0 aliphatic rings. The number of rotatable bonds is 7. The molecule has 29 heavy (non-hydrogen) atoms. The molecule has 154 valence electrons. The lowest BCUT2D eigenvalue weighted by molar-refractivity contribution is 0.0996. The highest BCUT2D eigenvalue weighted by atomic mass is 32.1. The molecule has 0 unspecified atom stereocenters. The van der Waals surface area contributed by atoms with Gasteiger partial charge in [-0.3, -0.25) is 4.79 Å². The van der Waals surface area contributed by atoms with Crippen LogP contribution in [0.25, 0.3) is 10.2 Å². The van der Waals surface area contributed by atoms with Gasteiger partial charge in [0.25, 0.3) is 5.91 Å². The second-order valence-corrected chi connectivity index (χ2v) is 8.28. The molecule has 2 aromatic carbocycles. The van der Waals surface area contributed by atoms with Gasteiger partial charge in [-0.25, -0.2) is 0 Å². The minimum atomic E-state index is -0.257. The highest BCUT2D eigenvalue weighted by molar-refractivity contribution is 7.16. The summed E-state index contributed by atoms with van der Waals surface area (Å²) >= 11 is 1.54. The topological polar surface area (TPSA) is 52.8 Å². The maximum Gasteiger partial charge on any atom is 0.279 e. The third-order valence-corrected chi connectivity index (χ3v) is 5.47. The number of hydrogen-bond acceptors (Lipinski definition) is 4. The molecule has 0 fully saturated rings. The SMILES string of the molecule is CCOCCn1c(=NC(=O)c2ccc(OC(C)C)cc2)sc2cc(C)cc(C)c21. The second-order valence-electron chi connectivity index (χ2n) is 7.27. The quantitative estimate of drug-likeness (QED) is 0.520. The summed E-state index contributed by atoms with van der Waals surface area (Å²) in [6.45, 7) is 12.0. The van der Waals surface area contributed by atoms with E-state index in [-0.39, 0.29) is 12.0 Å². The predicted octanol–water partition coefficient (Wildman–Crippen LogP) is 4.88. The third-order valence-electron chi connectivity index (χ3n) is 4.45. The average molecular weight is 413 g/mol. The number of benzene rings is 2. The lowest BCUT2D eigenvalue weighted by Gasteiger charge is -2.09. The Balaban J connectivity index is 2.00. The molecule has 0 aliphatic carbocycles. The van der Waals surface area contributed by atoms with Crippen molar-refractivity contribution >= 4 is 27.5 Å². The summed E-state index contributed by atoms with van der Waals surface area (Å²) in [6, 6.07) is 11.4. The molecule has 0 N–H and O–H groups in total. The van der Waals surface area contributed by atoms with Crippen molar-refractivity contribution in [2.24, 2.45) is 4.99 Å².